The van der Waals surface area contributed by atoms with Crippen molar-refractivity contribution in [2.75, 3.05) is 27.2 Å². The Morgan fingerprint density at radius 1 is 1.41 bits per heavy atom. The number of aliphatic hydroxyl groups is 1. The highest BCUT2D eigenvalue weighted by Gasteiger charge is 2.29. The number of hydrogen-bond donors (Lipinski definition) is 2. The van der Waals surface area contributed by atoms with E-state index in [0.717, 1.165) is 0 Å². The van der Waals surface area contributed by atoms with Crippen LogP contribution in [0.1, 0.15) is 13.8 Å². The van der Waals surface area contributed by atoms with Gasteiger partial charge < -0.3 is 20.1 Å². The summed E-state index contributed by atoms with van der Waals surface area (Å²) in [5.41, 5.74) is -0.762. The van der Waals surface area contributed by atoms with Gasteiger partial charge >= 0.3 is 0 Å². The molecule has 0 radical (unpaired) electrons. The molecule has 0 spiro atoms. The third-order valence-corrected chi connectivity index (χ3v) is 3.58. The molecule has 124 valence electrons. The zero-order valence-corrected chi connectivity index (χ0v) is 14.7. The van der Waals surface area contributed by atoms with Crippen molar-refractivity contribution in [3.8, 4) is 5.75 Å². The van der Waals surface area contributed by atoms with E-state index in [1.807, 2.05) is 0 Å². The first kappa shape index (κ1) is 19.0. The van der Waals surface area contributed by atoms with Gasteiger partial charge in [0, 0.05) is 25.7 Å². The van der Waals surface area contributed by atoms with Crippen LogP contribution in [-0.2, 0) is 4.79 Å². The lowest BCUT2D eigenvalue weighted by Crippen LogP contribution is -2.54. The molecule has 5 nitrogen and oxygen atoms in total. The lowest BCUT2D eigenvalue weighted by atomic mass is 10.0. The maximum Gasteiger partial charge on any atom is 0.241 e. The lowest BCUT2D eigenvalue weighted by molar-refractivity contribution is -0.134. The zero-order valence-electron chi connectivity index (χ0n) is 13.2. The number of carbonyl (C=O) groups is 1. The number of rotatable bonds is 7. The predicted octanol–water partition coefficient (Wildman–Crippen LogP) is 2.19. The molecule has 0 saturated heterocycles. The summed E-state index contributed by atoms with van der Waals surface area (Å²) in [7, 11) is 3.38. The number of nitrogens with zero attached hydrogens (tertiary/aromatic N) is 1. The highest BCUT2D eigenvalue weighted by molar-refractivity contribution is 6.35. The Balaban J connectivity index is 2.46. The molecule has 0 saturated carbocycles. The van der Waals surface area contributed by atoms with Crippen molar-refractivity contribution < 1.29 is 14.6 Å². The first-order valence-electron chi connectivity index (χ1n) is 6.86. The van der Waals surface area contributed by atoms with Crippen LogP contribution in [0.3, 0.4) is 0 Å². The Labute approximate surface area is 141 Å². The number of nitrogens with one attached hydrogen (secondary N) is 1. The molecule has 0 aromatic heterocycles. The Morgan fingerprint density at radius 2 is 2.05 bits per heavy atom. The minimum Gasteiger partial charge on any atom is -0.489 e. The van der Waals surface area contributed by atoms with Crippen LogP contribution in [0.15, 0.2) is 18.2 Å². The van der Waals surface area contributed by atoms with Crippen LogP contribution in [0, 0.1) is 0 Å². The van der Waals surface area contributed by atoms with Gasteiger partial charge in [0.05, 0.1) is 10.6 Å². The number of benzene rings is 1. The van der Waals surface area contributed by atoms with E-state index in [1.165, 1.54) is 4.90 Å². The van der Waals surface area contributed by atoms with E-state index >= 15 is 0 Å². The Kier molecular flexibility index (Phi) is 6.94. The molecule has 1 unspecified atom stereocenters. The fraction of sp³-hybridized carbons (Fsp3) is 0.533. The topological polar surface area (TPSA) is 61.8 Å². The maximum atomic E-state index is 12.0. The summed E-state index contributed by atoms with van der Waals surface area (Å²) in [4.78, 5) is 13.5. The highest BCUT2D eigenvalue weighted by Crippen LogP contribution is 2.27. The SMILES string of the molecule is CN(C)C(=O)C(C)(C)NCC(O)COc1ccc(Cl)cc1Cl. The van der Waals surface area contributed by atoms with E-state index in [1.54, 1.807) is 46.1 Å². The van der Waals surface area contributed by atoms with Crippen LogP contribution in [0.2, 0.25) is 10.0 Å². The smallest absolute Gasteiger partial charge is 0.241 e. The molecule has 0 fully saturated rings. The van der Waals surface area contributed by atoms with E-state index in [4.69, 9.17) is 27.9 Å². The molecule has 0 aliphatic heterocycles. The molecule has 2 N–H and O–H groups in total. The molecule has 0 heterocycles. The molecule has 1 atom stereocenters. The number of halogens is 2. The van der Waals surface area contributed by atoms with Crippen molar-refractivity contribution in [3.05, 3.63) is 28.2 Å². The third-order valence-electron chi connectivity index (χ3n) is 3.05. The summed E-state index contributed by atoms with van der Waals surface area (Å²) in [6.45, 7) is 3.80. The highest BCUT2D eigenvalue weighted by atomic mass is 35.5. The van der Waals surface area contributed by atoms with Gasteiger partial charge in [0.15, 0.2) is 0 Å². The number of carbonyl (C=O) groups excluding carboxylic acids is 1. The van der Waals surface area contributed by atoms with Gasteiger partial charge in [-0.1, -0.05) is 23.2 Å². The second kappa shape index (κ2) is 8.02. The molecular formula is C15H22Cl2N2O3. The Bertz CT molecular complexity index is 522. The number of ether oxygens (including phenoxy) is 1. The van der Waals surface area contributed by atoms with Crippen molar-refractivity contribution in [3.63, 3.8) is 0 Å². The number of hydrogen-bond acceptors (Lipinski definition) is 4. The van der Waals surface area contributed by atoms with E-state index in [0.29, 0.717) is 15.8 Å². The molecule has 22 heavy (non-hydrogen) atoms. The molecule has 1 amide bonds. The van der Waals surface area contributed by atoms with Gasteiger partial charge in [-0.2, -0.15) is 0 Å². The van der Waals surface area contributed by atoms with Crippen LogP contribution >= 0.6 is 23.2 Å². The number of β-amino-alcohol motifs (C(OH)–C–C–N with tert-alkyl or cyclic N) is 1. The molecule has 1 aromatic rings. The van der Waals surface area contributed by atoms with Gasteiger partial charge in [-0.15, -0.1) is 0 Å². The second-order valence-corrected chi connectivity index (χ2v) is 6.59. The van der Waals surface area contributed by atoms with Gasteiger partial charge in [0.25, 0.3) is 0 Å². The minimum absolute atomic E-state index is 0.0561. The summed E-state index contributed by atoms with van der Waals surface area (Å²) in [5.74, 6) is 0.384. The lowest BCUT2D eigenvalue weighted by Gasteiger charge is -2.29. The summed E-state index contributed by atoms with van der Waals surface area (Å²) >= 11 is 11.8. The van der Waals surface area contributed by atoms with Gasteiger partial charge in [-0.25, -0.2) is 0 Å². The monoisotopic (exact) mass is 348 g/mol. The standard InChI is InChI=1S/C15H22Cl2N2O3/c1-15(2,14(21)19(3)4)18-8-11(20)9-22-13-6-5-10(16)7-12(13)17/h5-7,11,18,20H,8-9H2,1-4H3. The van der Waals surface area contributed by atoms with E-state index in [2.05, 4.69) is 5.32 Å². The fourth-order valence-electron chi connectivity index (χ4n) is 1.84. The van der Waals surface area contributed by atoms with E-state index < -0.39 is 11.6 Å². The van der Waals surface area contributed by atoms with E-state index in [-0.39, 0.29) is 19.1 Å². The van der Waals surface area contributed by atoms with Crippen LogP contribution in [-0.4, -0.2) is 54.8 Å². The molecule has 1 rings (SSSR count). The van der Waals surface area contributed by atoms with Gasteiger partial charge in [0.2, 0.25) is 5.91 Å². The summed E-state index contributed by atoms with van der Waals surface area (Å²) in [6.07, 6.45) is -0.777. The van der Waals surface area contributed by atoms with Crippen molar-refractivity contribution >= 4 is 29.1 Å². The van der Waals surface area contributed by atoms with Crippen molar-refractivity contribution in [2.45, 2.75) is 25.5 Å². The quantitative estimate of drug-likeness (QED) is 0.792. The van der Waals surface area contributed by atoms with Crippen LogP contribution < -0.4 is 10.1 Å². The molecular weight excluding hydrogens is 327 g/mol. The molecule has 7 heteroatoms. The minimum atomic E-state index is -0.777. The fourth-order valence-corrected chi connectivity index (χ4v) is 2.31. The van der Waals surface area contributed by atoms with Gasteiger partial charge in [0.1, 0.15) is 18.5 Å². The third kappa shape index (κ3) is 5.65. The Morgan fingerprint density at radius 3 is 2.59 bits per heavy atom. The molecule has 0 aliphatic carbocycles. The average Bonchev–Trinajstić information content (AvgIpc) is 2.43. The van der Waals surface area contributed by atoms with Gasteiger partial charge in [-0.05, 0) is 32.0 Å². The van der Waals surface area contributed by atoms with Crippen molar-refractivity contribution in [1.82, 2.24) is 10.2 Å². The number of aliphatic hydroxyl groups excluding tert-OH is 1. The van der Waals surface area contributed by atoms with E-state index in [9.17, 15) is 9.90 Å². The average molecular weight is 349 g/mol. The second-order valence-electron chi connectivity index (χ2n) is 5.75. The van der Waals surface area contributed by atoms with Crippen molar-refractivity contribution in [2.24, 2.45) is 0 Å². The van der Waals surface area contributed by atoms with Crippen LogP contribution in [0.25, 0.3) is 0 Å². The first-order chi connectivity index (χ1) is 10.1. The summed E-state index contributed by atoms with van der Waals surface area (Å²) in [5, 5.41) is 13.9. The predicted molar refractivity (Wildman–Crippen MR) is 88.7 cm³/mol. The normalized spacial score (nSPS) is 12.9. The summed E-state index contributed by atoms with van der Waals surface area (Å²) in [6, 6.07) is 4.87. The number of likely N-dealkylation sites (N-methyl/N-ethyl adjacent to an activating group) is 1. The summed E-state index contributed by atoms with van der Waals surface area (Å²) < 4.78 is 5.45. The van der Waals surface area contributed by atoms with Crippen LogP contribution in [0.5, 0.6) is 5.75 Å². The maximum absolute atomic E-state index is 12.0. The Hall–Kier alpha value is -1.01. The van der Waals surface area contributed by atoms with Crippen molar-refractivity contribution in [1.29, 1.82) is 0 Å². The van der Waals surface area contributed by atoms with Crippen LogP contribution in [0.4, 0.5) is 0 Å². The molecule has 1 aromatic carbocycles. The van der Waals surface area contributed by atoms with Gasteiger partial charge in [-0.3, -0.25) is 4.79 Å². The number of amides is 1. The zero-order chi connectivity index (χ0) is 16.9. The first-order valence-corrected chi connectivity index (χ1v) is 7.62. The molecule has 0 bridgehead atoms. The largest absolute Gasteiger partial charge is 0.489 e. The molecule has 0 aliphatic rings.